The largest absolute Gasteiger partial charge is 0.478 e. The molecular formula is C10H8F4O3S2. The van der Waals surface area contributed by atoms with Gasteiger partial charge in [-0.1, -0.05) is 11.8 Å². The van der Waals surface area contributed by atoms with Crippen molar-refractivity contribution in [3.8, 4) is 0 Å². The predicted octanol–water partition coefficient (Wildman–Crippen LogP) is 2.88. The lowest BCUT2D eigenvalue weighted by Gasteiger charge is -2.06. The van der Waals surface area contributed by atoms with Crippen molar-refractivity contribution < 1.29 is 31.7 Å². The molecule has 0 radical (unpaired) electrons. The van der Waals surface area contributed by atoms with Gasteiger partial charge in [-0.15, -0.1) is 0 Å². The number of hydrogen-bond donors (Lipinski definition) is 1. The number of aromatic carboxylic acids is 1. The van der Waals surface area contributed by atoms with Gasteiger partial charge >= 0.3 is 11.5 Å². The first kappa shape index (κ1) is 16.0. The van der Waals surface area contributed by atoms with Crippen molar-refractivity contribution in [2.45, 2.75) is 10.4 Å². The first-order valence-corrected chi connectivity index (χ1v) is 7.13. The third-order valence-corrected chi connectivity index (χ3v) is 4.31. The molecule has 0 aliphatic heterocycles. The van der Waals surface area contributed by atoms with Crippen molar-refractivity contribution >= 4 is 28.5 Å². The van der Waals surface area contributed by atoms with Crippen LogP contribution in [0.1, 0.15) is 10.4 Å². The van der Waals surface area contributed by atoms with E-state index in [4.69, 9.17) is 5.11 Å². The van der Waals surface area contributed by atoms with E-state index in [2.05, 4.69) is 0 Å². The maximum atomic E-state index is 13.1. The molecular weight excluding hydrogens is 308 g/mol. The molecule has 1 aromatic carbocycles. The lowest BCUT2D eigenvalue weighted by Crippen LogP contribution is -2.08. The van der Waals surface area contributed by atoms with Gasteiger partial charge in [-0.2, -0.15) is 13.2 Å². The molecule has 1 rings (SSSR count). The smallest absolute Gasteiger partial charge is 0.441 e. The van der Waals surface area contributed by atoms with Crippen LogP contribution in [0.3, 0.4) is 0 Å². The maximum Gasteiger partial charge on any atom is 0.441 e. The van der Waals surface area contributed by atoms with Gasteiger partial charge in [-0.05, 0) is 18.2 Å². The van der Waals surface area contributed by atoms with E-state index in [-0.39, 0.29) is 22.4 Å². The zero-order valence-corrected chi connectivity index (χ0v) is 10.9. The van der Waals surface area contributed by atoms with Crippen LogP contribution in [-0.2, 0) is 10.8 Å². The van der Waals surface area contributed by atoms with E-state index in [1.54, 1.807) is 0 Å². The number of carboxylic acids is 1. The van der Waals surface area contributed by atoms with E-state index in [0.717, 1.165) is 18.2 Å². The second-order valence-corrected chi connectivity index (χ2v) is 6.02. The quantitative estimate of drug-likeness (QED) is 0.849. The molecule has 0 aliphatic rings. The van der Waals surface area contributed by atoms with Crippen molar-refractivity contribution in [3.63, 3.8) is 0 Å². The normalized spacial score (nSPS) is 13.3. The monoisotopic (exact) mass is 316 g/mol. The zero-order valence-electron chi connectivity index (χ0n) is 9.24. The average molecular weight is 316 g/mol. The Morgan fingerprint density at radius 3 is 2.53 bits per heavy atom. The lowest BCUT2D eigenvalue weighted by atomic mass is 10.2. The molecule has 0 saturated heterocycles. The summed E-state index contributed by atoms with van der Waals surface area (Å²) in [6.45, 7) is 0. The number of carboxylic acid groups (broad SMARTS) is 1. The summed E-state index contributed by atoms with van der Waals surface area (Å²) in [6.07, 6.45) is 0. The Labute approximate surface area is 112 Å². The first-order valence-electron chi connectivity index (χ1n) is 4.82. The highest BCUT2D eigenvalue weighted by Gasteiger charge is 2.28. The van der Waals surface area contributed by atoms with Crippen LogP contribution in [0, 0.1) is 5.82 Å². The molecule has 106 valence electrons. The van der Waals surface area contributed by atoms with Crippen LogP contribution in [0.4, 0.5) is 17.6 Å². The third kappa shape index (κ3) is 5.19. The van der Waals surface area contributed by atoms with E-state index >= 15 is 0 Å². The van der Waals surface area contributed by atoms with E-state index in [0.29, 0.717) is 0 Å². The molecule has 0 heterocycles. The van der Waals surface area contributed by atoms with Crippen LogP contribution in [0.5, 0.6) is 0 Å². The Balaban J connectivity index is 2.73. The second kappa shape index (κ2) is 6.38. The SMILES string of the molecule is O=C(O)c1cc(S(=O)CCSC(F)(F)F)ccc1F. The standard InChI is InChI=1S/C10H8F4O3S2/c11-8-2-1-6(5-7(8)9(15)16)19(17)4-3-18-10(12,13)14/h1-2,5H,3-4H2,(H,15,16). The van der Waals surface area contributed by atoms with Gasteiger partial charge in [0.1, 0.15) is 5.82 Å². The van der Waals surface area contributed by atoms with Gasteiger partial charge in [0.15, 0.2) is 0 Å². The molecule has 0 aliphatic carbocycles. The molecule has 1 unspecified atom stereocenters. The number of benzene rings is 1. The fraction of sp³-hybridized carbons (Fsp3) is 0.300. The summed E-state index contributed by atoms with van der Waals surface area (Å²) in [7, 11) is -1.80. The van der Waals surface area contributed by atoms with Crippen LogP contribution >= 0.6 is 11.8 Å². The lowest BCUT2D eigenvalue weighted by molar-refractivity contribution is -0.0326. The van der Waals surface area contributed by atoms with Crippen molar-refractivity contribution in [1.82, 2.24) is 0 Å². The molecule has 0 amide bonds. The van der Waals surface area contributed by atoms with Crippen LogP contribution in [0.25, 0.3) is 0 Å². The van der Waals surface area contributed by atoms with Crippen LogP contribution in [0.15, 0.2) is 23.1 Å². The van der Waals surface area contributed by atoms with Crippen molar-refractivity contribution in [2.24, 2.45) is 0 Å². The van der Waals surface area contributed by atoms with Gasteiger partial charge in [0, 0.05) is 16.4 Å². The maximum absolute atomic E-state index is 13.1. The van der Waals surface area contributed by atoms with E-state index in [9.17, 15) is 26.6 Å². The number of hydrogen-bond acceptors (Lipinski definition) is 3. The Bertz CT molecular complexity index is 502. The fourth-order valence-corrected chi connectivity index (χ4v) is 3.04. The highest BCUT2D eigenvalue weighted by atomic mass is 32.2. The molecule has 19 heavy (non-hydrogen) atoms. The third-order valence-electron chi connectivity index (χ3n) is 1.97. The average Bonchev–Trinajstić information content (AvgIpc) is 2.27. The number of rotatable bonds is 5. The zero-order chi connectivity index (χ0) is 14.6. The van der Waals surface area contributed by atoms with Gasteiger partial charge < -0.3 is 5.11 Å². The number of carbonyl (C=O) groups is 1. The molecule has 0 spiro atoms. The summed E-state index contributed by atoms with van der Waals surface area (Å²) in [6, 6.07) is 2.79. The van der Waals surface area contributed by atoms with Crippen molar-refractivity contribution in [1.29, 1.82) is 0 Å². The molecule has 0 aromatic heterocycles. The minimum Gasteiger partial charge on any atom is -0.478 e. The molecule has 9 heteroatoms. The first-order chi connectivity index (χ1) is 8.70. The van der Waals surface area contributed by atoms with Crippen LogP contribution in [0.2, 0.25) is 0 Å². The Hall–Kier alpha value is -1.09. The van der Waals surface area contributed by atoms with Crippen LogP contribution < -0.4 is 0 Å². The molecule has 0 bridgehead atoms. The van der Waals surface area contributed by atoms with Gasteiger partial charge in [-0.25, -0.2) is 9.18 Å². The summed E-state index contributed by atoms with van der Waals surface area (Å²) in [4.78, 5) is 10.6. The number of alkyl halides is 3. The summed E-state index contributed by atoms with van der Waals surface area (Å²) in [5, 5.41) is 8.66. The topological polar surface area (TPSA) is 54.4 Å². The van der Waals surface area contributed by atoms with Gasteiger partial charge in [0.05, 0.1) is 16.4 Å². The van der Waals surface area contributed by atoms with Gasteiger partial charge in [-0.3, -0.25) is 4.21 Å². The molecule has 0 saturated carbocycles. The fourth-order valence-electron chi connectivity index (χ4n) is 1.16. The highest BCUT2D eigenvalue weighted by Crippen LogP contribution is 2.30. The van der Waals surface area contributed by atoms with Gasteiger partial charge in [0.2, 0.25) is 0 Å². The Kier molecular flexibility index (Phi) is 5.36. The molecule has 1 aromatic rings. The summed E-state index contributed by atoms with van der Waals surface area (Å²) < 4.78 is 60.3. The number of halogens is 4. The molecule has 3 nitrogen and oxygen atoms in total. The second-order valence-electron chi connectivity index (χ2n) is 3.29. The van der Waals surface area contributed by atoms with Crippen molar-refractivity contribution in [2.75, 3.05) is 11.5 Å². The predicted molar refractivity (Wildman–Crippen MR) is 63.1 cm³/mol. The minimum atomic E-state index is -4.40. The van der Waals surface area contributed by atoms with Crippen molar-refractivity contribution in [3.05, 3.63) is 29.6 Å². The Morgan fingerprint density at radius 2 is 2.00 bits per heavy atom. The molecule has 0 fully saturated rings. The molecule has 1 atom stereocenters. The van der Waals surface area contributed by atoms with Crippen LogP contribution in [-0.4, -0.2) is 32.3 Å². The van der Waals surface area contributed by atoms with Gasteiger partial charge in [0.25, 0.3) is 0 Å². The van der Waals surface area contributed by atoms with E-state index in [1.807, 2.05) is 0 Å². The number of thioether (sulfide) groups is 1. The van der Waals surface area contributed by atoms with E-state index < -0.39 is 39.4 Å². The molecule has 1 N–H and O–H groups in total. The Morgan fingerprint density at radius 1 is 1.37 bits per heavy atom. The highest BCUT2D eigenvalue weighted by molar-refractivity contribution is 8.00. The summed E-state index contributed by atoms with van der Waals surface area (Å²) in [5.74, 6) is -3.23. The minimum absolute atomic E-state index is 0.0124. The van der Waals surface area contributed by atoms with E-state index in [1.165, 1.54) is 0 Å². The summed E-state index contributed by atoms with van der Waals surface area (Å²) in [5.41, 5.74) is -5.06. The summed E-state index contributed by atoms with van der Waals surface area (Å²) >= 11 is -0.313.